The smallest absolute Gasteiger partial charge is 0.375 e. The molecule has 0 saturated carbocycles. The molecule has 0 N–H and O–H groups in total. The number of hydrogen-bond acceptors (Lipinski definition) is 4. The first-order valence-corrected chi connectivity index (χ1v) is 9.79. The first-order chi connectivity index (χ1) is 14.2. The van der Waals surface area contributed by atoms with Crippen LogP contribution in [0.4, 0.5) is 43.9 Å². The summed E-state index contributed by atoms with van der Waals surface area (Å²) in [6.07, 6.45) is -8.85. The molecular formula is C17H14F10O4S. The highest BCUT2D eigenvalue weighted by atomic mass is 32.2. The van der Waals surface area contributed by atoms with Crippen LogP contribution >= 0.6 is 0 Å². The Balaban J connectivity index is 3.99. The molecule has 0 spiro atoms. The van der Waals surface area contributed by atoms with E-state index in [1.165, 1.54) is 0 Å². The van der Waals surface area contributed by atoms with Crippen molar-refractivity contribution >= 4 is 21.7 Å². The van der Waals surface area contributed by atoms with Gasteiger partial charge in [0.15, 0.2) is 11.5 Å². The van der Waals surface area contributed by atoms with E-state index in [9.17, 15) is 57.1 Å². The Kier molecular flexibility index (Phi) is 7.71. The summed E-state index contributed by atoms with van der Waals surface area (Å²) in [6, 6.07) is 2.72. The largest absolute Gasteiger partial charge is 0.534 e. The van der Waals surface area contributed by atoms with Gasteiger partial charge in [-0.1, -0.05) is 37.6 Å². The number of halogens is 10. The number of hydrogen-bond donors (Lipinski definition) is 0. The van der Waals surface area contributed by atoms with Gasteiger partial charge in [0.25, 0.3) is 0 Å². The predicted octanol–water partition coefficient (Wildman–Crippen LogP) is 6.10. The van der Waals surface area contributed by atoms with Gasteiger partial charge in [0, 0.05) is 16.7 Å². The molecule has 0 atom stereocenters. The lowest BCUT2D eigenvalue weighted by Crippen LogP contribution is -2.53. The predicted molar refractivity (Wildman–Crippen MR) is 90.3 cm³/mol. The zero-order valence-electron chi connectivity index (χ0n) is 16.0. The highest BCUT2D eigenvalue weighted by Gasteiger charge is 2.74. The number of allylic oxidation sites excluding steroid dienone is 1. The summed E-state index contributed by atoms with van der Waals surface area (Å²) in [5, 5.41) is 0. The lowest BCUT2D eigenvalue weighted by atomic mass is 9.93. The number of carbonyl (C=O) groups is 1. The summed E-state index contributed by atoms with van der Waals surface area (Å²) in [6.45, 7) is 2.04. The zero-order valence-corrected chi connectivity index (χ0v) is 16.9. The molecule has 0 aliphatic heterocycles. The molecule has 0 saturated heterocycles. The molecule has 1 aromatic carbocycles. The average molecular weight is 504 g/mol. The van der Waals surface area contributed by atoms with Crippen LogP contribution in [0.2, 0.25) is 0 Å². The van der Waals surface area contributed by atoms with Crippen molar-refractivity contribution in [2.24, 2.45) is 0 Å². The van der Waals surface area contributed by atoms with E-state index >= 15 is 0 Å². The fourth-order valence-corrected chi connectivity index (χ4v) is 2.83. The standard InChI is InChI=1S/C17H14F10O4S/c1-3-4-12(14(18,19)15(20,21)16(22,23)24)13(31-32(29,30)17(25,26)27)11-7-5-10(6-8-11)9(2)28/h5-8H,3-4H2,1-2H3/b13-12-. The van der Waals surface area contributed by atoms with E-state index in [-0.39, 0.29) is 5.56 Å². The normalized spacial score (nSPS) is 14.8. The molecule has 0 amide bonds. The molecule has 0 unspecified atom stereocenters. The number of carbonyl (C=O) groups excluding carboxylic acids is 1. The van der Waals surface area contributed by atoms with Crippen LogP contribution in [0.1, 0.15) is 42.6 Å². The van der Waals surface area contributed by atoms with Crippen LogP contribution < -0.4 is 0 Å². The fourth-order valence-electron chi connectivity index (χ4n) is 2.32. The van der Waals surface area contributed by atoms with Crippen LogP contribution in [-0.4, -0.2) is 37.7 Å². The monoisotopic (exact) mass is 504 g/mol. The van der Waals surface area contributed by atoms with Crippen LogP contribution in [0, 0.1) is 0 Å². The number of Topliss-reactive ketones (excluding diaryl/α,β-unsaturated/α-hetero) is 1. The Bertz CT molecular complexity index is 974. The van der Waals surface area contributed by atoms with Gasteiger partial charge in [-0.25, -0.2) is 0 Å². The van der Waals surface area contributed by atoms with Crippen molar-refractivity contribution in [2.75, 3.05) is 0 Å². The van der Waals surface area contributed by atoms with Gasteiger partial charge >= 0.3 is 33.6 Å². The second-order valence-corrected chi connectivity index (χ2v) is 7.86. The van der Waals surface area contributed by atoms with E-state index in [2.05, 4.69) is 4.18 Å². The quantitative estimate of drug-likeness (QED) is 0.141. The highest BCUT2D eigenvalue weighted by molar-refractivity contribution is 7.87. The van der Waals surface area contributed by atoms with Gasteiger partial charge in [0.1, 0.15) is 0 Å². The van der Waals surface area contributed by atoms with Gasteiger partial charge in [0.2, 0.25) is 0 Å². The molecule has 0 aromatic heterocycles. The zero-order chi connectivity index (χ0) is 25.3. The minimum atomic E-state index is -6.85. The molecule has 182 valence electrons. The van der Waals surface area contributed by atoms with E-state index in [1.54, 1.807) is 0 Å². The molecule has 0 bridgehead atoms. The van der Waals surface area contributed by atoms with E-state index < -0.39 is 69.2 Å². The minimum Gasteiger partial charge on any atom is -0.375 e. The molecule has 0 heterocycles. The van der Waals surface area contributed by atoms with E-state index in [0.29, 0.717) is 12.1 Å². The van der Waals surface area contributed by atoms with Gasteiger partial charge in [-0.15, -0.1) is 0 Å². The van der Waals surface area contributed by atoms with Crippen molar-refractivity contribution in [2.45, 2.75) is 50.2 Å². The first-order valence-electron chi connectivity index (χ1n) is 8.38. The Morgan fingerprint density at radius 2 is 1.31 bits per heavy atom. The van der Waals surface area contributed by atoms with E-state index in [4.69, 9.17) is 0 Å². The maximum atomic E-state index is 14.4. The number of rotatable bonds is 8. The Morgan fingerprint density at radius 3 is 1.66 bits per heavy atom. The van der Waals surface area contributed by atoms with Crippen molar-refractivity contribution < 1.29 is 61.3 Å². The molecule has 0 aliphatic carbocycles. The third-order valence-corrected chi connectivity index (χ3v) is 4.89. The summed E-state index contributed by atoms with van der Waals surface area (Å²) in [7, 11) is -6.76. The van der Waals surface area contributed by atoms with E-state index in [1.807, 2.05) is 0 Å². The molecular weight excluding hydrogens is 490 g/mol. The van der Waals surface area contributed by atoms with Crippen LogP contribution in [-0.2, 0) is 14.3 Å². The van der Waals surface area contributed by atoms with Crippen molar-refractivity contribution in [3.63, 3.8) is 0 Å². The molecule has 1 rings (SSSR count). The lowest BCUT2D eigenvalue weighted by Gasteiger charge is -2.31. The van der Waals surface area contributed by atoms with Gasteiger partial charge in [0.05, 0.1) is 0 Å². The van der Waals surface area contributed by atoms with Crippen molar-refractivity contribution in [3.05, 3.63) is 41.0 Å². The summed E-state index contributed by atoms with van der Waals surface area (Å²) >= 11 is 0. The summed E-state index contributed by atoms with van der Waals surface area (Å²) < 4.78 is 159. The molecule has 15 heteroatoms. The Hall–Kier alpha value is -2.32. The molecule has 4 nitrogen and oxygen atoms in total. The summed E-state index contributed by atoms with van der Waals surface area (Å²) in [5.74, 6) is -15.7. The number of ketones is 1. The highest BCUT2D eigenvalue weighted by Crippen LogP contribution is 2.52. The maximum Gasteiger partial charge on any atom is 0.534 e. The molecule has 0 aliphatic rings. The average Bonchev–Trinajstić information content (AvgIpc) is 2.62. The second kappa shape index (κ2) is 8.90. The SMILES string of the molecule is CCC/C(=C(/OS(=O)(=O)C(F)(F)F)c1ccc(C(C)=O)cc1)C(F)(F)C(F)(F)C(F)(F)F. The lowest BCUT2D eigenvalue weighted by molar-refractivity contribution is -0.344. The van der Waals surface area contributed by atoms with Crippen LogP contribution in [0.15, 0.2) is 29.8 Å². The topological polar surface area (TPSA) is 60.4 Å². The molecule has 0 fully saturated rings. The molecule has 1 aromatic rings. The van der Waals surface area contributed by atoms with Crippen molar-refractivity contribution in [1.29, 1.82) is 0 Å². The molecule has 32 heavy (non-hydrogen) atoms. The Morgan fingerprint density at radius 1 is 0.875 bits per heavy atom. The minimum absolute atomic E-state index is 0.156. The van der Waals surface area contributed by atoms with Crippen molar-refractivity contribution in [1.82, 2.24) is 0 Å². The van der Waals surface area contributed by atoms with Crippen LogP contribution in [0.25, 0.3) is 5.76 Å². The van der Waals surface area contributed by atoms with E-state index in [0.717, 1.165) is 26.0 Å². The van der Waals surface area contributed by atoms with Crippen LogP contribution in [0.3, 0.4) is 0 Å². The van der Waals surface area contributed by atoms with Gasteiger partial charge in [-0.2, -0.15) is 52.3 Å². The number of alkyl halides is 10. The maximum absolute atomic E-state index is 14.4. The Labute approximate surface area is 175 Å². The second-order valence-electron chi connectivity index (χ2n) is 6.32. The van der Waals surface area contributed by atoms with Gasteiger partial charge in [-0.3, -0.25) is 4.79 Å². The molecule has 0 radical (unpaired) electrons. The first kappa shape index (κ1) is 27.7. The van der Waals surface area contributed by atoms with Gasteiger partial charge < -0.3 is 4.18 Å². The summed E-state index contributed by atoms with van der Waals surface area (Å²) in [4.78, 5) is 11.3. The summed E-state index contributed by atoms with van der Waals surface area (Å²) in [5.41, 5.74) is -9.72. The van der Waals surface area contributed by atoms with Crippen molar-refractivity contribution in [3.8, 4) is 0 Å². The number of benzene rings is 1. The van der Waals surface area contributed by atoms with Gasteiger partial charge in [-0.05, 0) is 13.3 Å². The third kappa shape index (κ3) is 5.35. The fraction of sp³-hybridized carbons (Fsp3) is 0.471. The van der Waals surface area contributed by atoms with Crippen LogP contribution in [0.5, 0.6) is 0 Å². The third-order valence-electron chi connectivity index (χ3n) is 3.93.